The molecule has 128 valence electrons. The molecule has 3 rings (SSSR count). The molecule has 0 aliphatic heterocycles. The molecule has 2 N–H and O–H groups in total. The van der Waals surface area contributed by atoms with Crippen molar-refractivity contribution in [2.75, 3.05) is 0 Å². The molecule has 1 heterocycles. The molecule has 0 fully saturated rings. The standard InChI is InChI=1S/C17H12Cl2FN3O2/c1-23-14(4-5-22-23)11-6-9(18)2-3-15(11)25-16-8-13(20)10(17(21)24)7-12(16)19/h2-8H,1H3,(H2,21,24). The summed E-state index contributed by atoms with van der Waals surface area (Å²) in [7, 11) is 1.77. The number of primary amides is 1. The van der Waals surface area contributed by atoms with Gasteiger partial charge in [0.25, 0.3) is 5.91 Å². The average molecular weight is 380 g/mol. The van der Waals surface area contributed by atoms with Gasteiger partial charge in [0.15, 0.2) is 0 Å². The van der Waals surface area contributed by atoms with Gasteiger partial charge >= 0.3 is 0 Å². The highest BCUT2D eigenvalue weighted by Crippen LogP contribution is 2.38. The van der Waals surface area contributed by atoms with Gasteiger partial charge in [-0.05, 0) is 30.3 Å². The second-order valence-electron chi connectivity index (χ2n) is 5.21. The van der Waals surface area contributed by atoms with Crippen molar-refractivity contribution in [1.29, 1.82) is 0 Å². The summed E-state index contributed by atoms with van der Waals surface area (Å²) in [6, 6.07) is 8.92. The van der Waals surface area contributed by atoms with Crippen LogP contribution < -0.4 is 10.5 Å². The minimum atomic E-state index is -0.909. The van der Waals surface area contributed by atoms with Crippen molar-refractivity contribution in [3.63, 3.8) is 0 Å². The van der Waals surface area contributed by atoms with Gasteiger partial charge in [0.05, 0.1) is 16.3 Å². The summed E-state index contributed by atoms with van der Waals surface area (Å²) in [6.45, 7) is 0. The van der Waals surface area contributed by atoms with E-state index in [1.165, 1.54) is 0 Å². The van der Waals surface area contributed by atoms with Gasteiger partial charge < -0.3 is 10.5 Å². The minimum absolute atomic E-state index is 0.0508. The van der Waals surface area contributed by atoms with Crippen molar-refractivity contribution in [2.45, 2.75) is 0 Å². The van der Waals surface area contributed by atoms with E-state index in [9.17, 15) is 9.18 Å². The molecule has 8 heteroatoms. The molecular formula is C17H12Cl2FN3O2. The Morgan fingerprint density at radius 2 is 1.96 bits per heavy atom. The zero-order valence-electron chi connectivity index (χ0n) is 13.0. The number of hydrogen-bond acceptors (Lipinski definition) is 3. The third kappa shape index (κ3) is 3.45. The lowest BCUT2D eigenvalue weighted by Gasteiger charge is -2.14. The monoisotopic (exact) mass is 379 g/mol. The van der Waals surface area contributed by atoms with Gasteiger partial charge in [-0.2, -0.15) is 5.10 Å². The van der Waals surface area contributed by atoms with E-state index >= 15 is 0 Å². The van der Waals surface area contributed by atoms with E-state index in [-0.39, 0.29) is 16.3 Å². The molecule has 5 nitrogen and oxygen atoms in total. The van der Waals surface area contributed by atoms with Crippen molar-refractivity contribution in [1.82, 2.24) is 9.78 Å². The molecule has 2 aromatic carbocycles. The molecule has 0 atom stereocenters. The van der Waals surface area contributed by atoms with Crippen molar-refractivity contribution < 1.29 is 13.9 Å². The Morgan fingerprint density at radius 1 is 1.20 bits per heavy atom. The molecule has 0 radical (unpaired) electrons. The predicted molar refractivity (Wildman–Crippen MR) is 93.7 cm³/mol. The number of rotatable bonds is 4. The van der Waals surface area contributed by atoms with E-state index in [2.05, 4.69) is 5.10 Å². The van der Waals surface area contributed by atoms with Crippen molar-refractivity contribution in [3.05, 3.63) is 64.0 Å². The van der Waals surface area contributed by atoms with Crippen LogP contribution in [0.15, 0.2) is 42.6 Å². The summed E-state index contributed by atoms with van der Waals surface area (Å²) in [5.41, 5.74) is 6.21. The molecule has 0 aliphatic rings. The predicted octanol–water partition coefficient (Wildman–Crippen LogP) is 4.42. The number of carbonyl (C=O) groups is 1. The van der Waals surface area contributed by atoms with Gasteiger partial charge in [0.2, 0.25) is 0 Å². The van der Waals surface area contributed by atoms with Crippen LogP contribution in [-0.4, -0.2) is 15.7 Å². The van der Waals surface area contributed by atoms with Crippen LogP contribution in [0.2, 0.25) is 10.0 Å². The highest BCUT2D eigenvalue weighted by molar-refractivity contribution is 6.32. The average Bonchev–Trinajstić information content (AvgIpc) is 2.97. The van der Waals surface area contributed by atoms with Gasteiger partial charge in [-0.3, -0.25) is 9.48 Å². The van der Waals surface area contributed by atoms with Crippen LogP contribution in [0.5, 0.6) is 11.5 Å². The third-order valence-corrected chi connectivity index (χ3v) is 4.08. The zero-order chi connectivity index (χ0) is 18.1. The second-order valence-corrected chi connectivity index (χ2v) is 6.05. The molecule has 3 aromatic rings. The Kier molecular flexibility index (Phi) is 4.65. The Morgan fingerprint density at radius 3 is 2.60 bits per heavy atom. The highest BCUT2D eigenvalue weighted by Gasteiger charge is 2.17. The first-order chi connectivity index (χ1) is 11.9. The largest absolute Gasteiger partial charge is 0.455 e. The van der Waals surface area contributed by atoms with E-state index in [1.54, 1.807) is 42.2 Å². The lowest BCUT2D eigenvalue weighted by atomic mass is 10.1. The molecule has 0 aliphatic carbocycles. The second kappa shape index (κ2) is 6.74. The minimum Gasteiger partial charge on any atom is -0.455 e. The summed E-state index contributed by atoms with van der Waals surface area (Å²) in [5.74, 6) is -1.27. The molecule has 1 amide bonds. The first-order valence-electron chi connectivity index (χ1n) is 7.11. The summed E-state index contributed by atoms with van der Waals surface area (Å²) in [6.07, 6.45) is 1.63. The van der Waals surface area contributed by atoms with Gasteiger partial charge in [0.1, 0.15) is 17.3 Å². The molecule has 25 heavy (non-hydrogen) atoms. The number of halogens is 3. The molecule has 0 saturated heterocycles. The van der Waals surface area contributed by atoms with Crippen LogP contribution in [0.4, 0.5) is 4.39 Å². The molecular weight excluding hydrogens is 368 g/mol. The van der Waals surface area contributed by atoms with E-state index < -0.39 is 11.7 Å². The van der Waals surface area contributed by atoms with Crippen LogP contribution >= 0.6 is 23.2 Å². The lowest BCUT2D eigenvalue weighted by molar-refractivity contribution is 0.0996. The van der Waals surface area contributed by atoms with Crippen LogP contribution in [0.3, 0.4) is 0 Å². The maximum Gasteiger partial charge on any atom is 0.251 e. The smallest absolute Gasteiger partial charge is 0.251 e. The van der Waals surface area contributed by atoms with Crippen LogP contribution in [0.25, 0.3) is 11.3 Å². The molecule has 0 spiro atoms. The number of nitrogens with zero attached hydrogens (tertiary/aromatic N) is 2. The van der Waals surface area contributed by atoms with E-state index in [0.717, 1.165) is 17.8 Å². The SMILES string of the molecule is Cn1nccc1-c1cc(Cl)ccc1Oc1cc(F)c(C(N)=O)cc1Cl. The third-order valence-electron chi connectivity index (χ3n) is 3.55. The Labute approximate surface area is 152 Å². The lowest BCUT2D eigenvalue weighted by Crippen LogP contribution is -2.13. The molecule has 1 aromatic heterocycles. The maximum atomic E-state index is 14.0. The van der Waals surface area contributed by atoms with Crippen molar-refractivity contribution >= 4 is 29.1 Å². The van der Waals surface area contributed by atoms with E-state index in [4.69, 9.17) is 33.7 Å². The Hall–Kier alpha value is -2.57. The fourth-order valence-corrected chi connectivity index (χ4v) is 2.72. The maximum absolute atomic E-state index is 14.0. The van der Waals surface area contributed by atoms with Gasteiger partial charge in [-0.25, -0.2) is 4.39 Å². The summed E-state index contributed by atoms with van der Waals surface area (Å²) in [4.78, 5) is 11.2. The number of benzene rings is 2. The quantitative estimate of drug-likeness (QED) is 0.728. The van der Waals surface area contributed by atoms with Crippen molar-refractivity contribution in [2.24, 2.45) is 12.8 Å². The summed E-state index contributed by atoms with van der Waals surface area (Å²) < 4.78 is 21.4. The number of hydrogen-bond donors (Lipinski definition) is 1. The van der Waals surface area contributed by atoms with E-state index in [0.29, 0.717) is 16.3 Å². The highest BCUT2D eigenvalue weighted by atomic mass is 35.5. The number of ether oxygens (including phenoxy) is 1. The number of aryl methyl sites for hydroxylation is 1. The zero-order valence-corrected chi connectivity index (χ0v) is 14.5. The van der Waals surface area contributed by atoms with Crippen LogP contribution in [-0.2, 0) is 7.05 Å². The first-order valence-corrected chi connectivity index (χ1v) is 7.87. The number of amides is 1. The van der Waals surface area contributed by atoms with Gasteiger partial charge in [-0.1, -0.05) is 23.2 Å². The Balaban J connectivity index is 2.06. The number of aromatic nitrogens is 2. The van der Waals surface area contributed by atoms with E-state index in [1.807, 2.05) is 0 Å². The fraction of sp³-hybridized carbons (Fsp3) is 0.0588. The van der Waals surface area contributed by atoms with Crippen LogP contribution in [0, 0.1) is 5.82 Å². The van der Waals surface area contributed by atoms with Crippen LogP contribution in [0.1, 0.15) is 10.4 Å². The molecule has 0 unspecified atom stereocenters. The summed E-state index contributed by atoms with van der Waals surface area (Å²) in [5, 5.41) is 4.68. The topological polar surface area (TPSA) is 70.1 Å². The van der Waals surface area contributed by atoms with Gasteiger partial charge in [-0.15, -0.1) is 0 Å². The normalized spacial score (nSPS) is 10.7. The summed E-state index contributed by atoms with van der Waals surface area (Å²) >= 11 is 12.2. The van der Waals surface area contributed by atoms with Gasteiger partial charge in [0, 0.05) is 29.9 Å². The fourth-order valence-electron chi connectivity index (χ4n) is 2.34. The number of nitrogens with two attached hydrogens (primary N) is 1. The van der Waals surface area contributed by atoms with Crippen molar-refractivity contribution in [3.8, 4) is 22.8 Å². The molecule has 0 saturated carbocycles. The number of carbonyl (C=O) groups excluding carboxylic acids is 1. The molecule has 0 bridgehead atoms. The Bertz CT molecular complexity index is 973. The first kappa shape index (κ1) is 17.3.